The maximum Gasteiger partial charge on any atom is 0.310 e. The highest BCUT2D eigenvalue weighted by Gasteiger charge is 2.20. The number of ether oxygens (including phenoxy) is 1. The summed E-state index contributed by atoms with van der Waals surface area (Å²) in [6.07, 6.45) is 0.217. The van der Waals surface area contributed by atoms with Crippen LogP contribution in [0, 0.1) is 24.0 Å². The van der Waals surface area contributed by atoms with Crippen LogP contribution in [0.4, 0.5) is 5.69 Å². The van der Waals surface area contributed by atoms with Crippen molar-refractivity contribution in [2.45, 2.75) is 40.2 Å². The van der Waals surface area contributed by atoms with Crippen molar-refractivity contribution in [3.05, 3.63) is 51.2 Å². The highest BCUT2D eigenvalue weighted by Crippen LogP contribution is 2.32. The van der Waals surface area contributed by atoms with Gasteiger partial charge < -0.3 is 13.8 Å². The van der Waals surface area contributed by atoms with Crippen molar-refractivity contribution < 1.29 is 18.7 Å². The SMILES string of the molecule is Cc1noc(C)c1Cc1noc(-c2ccc([N+](=O)[O-])c(OC(C)C)c2)n1. The third-order valence-electron chi connectivity index (χ3n) is 3.75. The molecular weight excluding hydrogens is 340 g/mol. The number of hydrogen-bond donors (Lipinski definition) is 0. The van der Waals surface area contributed by atoms with E-state index in [1.807, 2.05) is 13.8 Å². The van der Waals surface area contributed by atoms with Gasteiger partial charge in [0.25, 0.3) is 5.89 Å². The maximum absolute atomic E-state index is 11.2. The van der Waals surface area contributed by atoms with Crippen LogP contribution in [-0.2, 0) is 6.42 Å². The predicted molar refractivity (Wildman–Crippen MR) is 90.9 cm³/mol. The monoisotopic (exact) mass is 358 g/mol. The Morgan fingerprint density at radius 2 is 2.00 bits per heavy atom. The number of aryl methyl sites for hydroxylation is 2. The van der Waals surface area contributed by atoms with E-state index in [2.05, 4.69) is 15.3 Å². The van der Waals surface area contributed by atoms with Gasteiger partial charge in [0.1, 0.15) is 5.76 Å². The van der Waals surface area contributed by atoms with Gasteiger partial charge in [-0.1, -0.05) is 10.3 Å². The summed E-state index contributed by atoms with van der Waals surface area (Å²) >= 11 is 0. The standard InChI is InChI=1S/C17H18N4O5/c1-9(2)24-15-7-12(5-6-14(15)21(22)23)17-18-16(20-26-17)8-13-10(3)19-25-11(13)4/h5-7,9H,8H2,1-4H3. The summed E-state index contributed by atoms with van der Waals surface area (Å²) in [6, 6.07) is 4.45. The summed E-state index contributed by atoms with van der Waals surface area (Å²) in [5, 5.41) is 19.0. The number of aromatic nitrogens is 3. The molecule has 0 aliphatic carbocycles. The summed E-state index contributed by atoms with van der Waals surface area (Å²) in [5.74, 6) is 1.60. The van der Waals surface area contributed by atoms with Gasteiger partial charge in [0.15, 0.2) is 11.6 Å². The fourth-order valence-electron chi connectivity index (χ4n) is 2.50. The normalized spacial score (nSPS) is 11.1. The molecule has 9 nitrogen and oxygen atoms in total. The van der Waals surface area contributed by atoms with Crippen LogP contribution in [0.1, 0.15) is 36.7 Å². The first-order valence-corrected chi connectivity index (χ1v) is 8.05. The largest absolute Gasteiger partial charge is 0.484 e. The van der Waals surface area contributed by atoms with E-state index in [0.717, 1.165) is 11.3 Å². The molecule has 0 atom stereocenters. The van der Waals surface area contributed by atoms with E-state index < -0.39 is 4.92 Å². The van der Waals surface area contributed by atoms with Crippen molar-refractivity contribution >= 4 is 5.69 Å². The van der Waals surface area contributed by atoms with Crippen LogP contribution in [-0.4, -0.2) is 26.3 Å². The Kier molecular flexibility index (Phi) is 4.70. The predicted octanol–water partition coefficient (Wildman–Crippen LogP) is 3.63. The van der Waals surface area contributed by atoms with Gasteiger partial charge in [0, 0.05) is 29.7 Å². The molecule has 26 heavy (non-hydrogen) atoms. The molecule has 2 aromatic heterocycles. The van der Waals surface area contributed by atoms with Crippen molar-refractivity contribution in [2.24, 2.45) is 0 Å². The first-order valence-electron chi connectivity index (χ1n) is 8.05. The minimum absolute atomic E-state index is 0.113. The first-order chi connectivity index (χ1) is 12.3. The molecule has 9 heteroatoms. The minimum atomic E-state index is -0.488. The molecule has 3 aromatic rings. The fraction of sp³-hybridized carbons (Fsp3) is 0.353. The summed E-state index contributed by atoms with van der Waals surface area (Å²) in [6.45, 7) is 7.26. The van der Waals surface area contributed by atoms with Crippen molar-refractivity contribution in [1.82, 2.24) is 15.3 Å². The molecule has 3 rings (SSSR count). The highest BCUT2D eigenvalue weighted by molar-refractivity contribution is 5.62. The van der Waals surface area contributed by atoms with Crippen LogP contribution in [0.15, 0.2) is 27.2 Å². The van der Waals surface area contributed by atoms with Gasteiger partial charge >= 0.3 is 5.69 Å². The second-order valence-electron chi connectivity index (χ2n) is 6.10. The summed E-state index contributed by atoms with van der Waals surface area (Å²) in [5.41, 5.74) is 2.11. The van der Waals surface area contributed by atoms with Gasteiger partial charge in [-0.15, -0.1) is 0 Å². The van der Waals surface area contributed by atoms with Crippen molar-refractivity contribution in [2.75, 3.05) is 0 Å². The Hall–Kier alpha value is -3.23. The van der Waals surface area contributed by atoms with Crippen molar-refractivity contribution in [3.63, 3.8) is 0 Å². The third-order valence-corrected chi connectivity index (χ3v) is 3.75. The average molecular weight is 358 g/mol. The van der Waals surface area contributed by atoms with E-state index in [0.29, 0.717) is 23.6 Å². The Morgan fingerprint density at radius 3 is 2.62 bits per heavy atom. The summed E-state index contributed by atoms with van der Waals surface area (Å²) < 4.78 is 16.0. The third kappa shape index (κ3) is 3.56. The first kappa shape index (κ1) is 17.6. The van der Waals surface area contributed by atoms with Crippen LogP contribution in [0.5, 0.6) is 5.75 Å². The van der Waals surface area contributed by atoms with E-state index in [9.17, 15) is 10.1 Å². The topological polar surface area (TPSA) is 117 Å². The van der Waals surface area contributed by atoms with E-state index in [4.69, 9.17) is 13.8 Å². The van der Waals surface area contributed by atoms with Crippen LogP contribution in [0.2, 0.25) is 0 Å². The smallest absolute Gasteiger partial charge is 0.310 e. The second-order valence-corrected chi connectivity index (χ2v) is 6.10. The van der Waals surface area contributed by atoms with Gasteiger partial charge in [-0.2, -0.15) is 4.98 Å². The lowest BCUT2D eigenvalue weighted by molar-refractivity contribution is -0.386. The fourth-order valence-corrected chi connectivity index (χ4v) is 2.50. The molecule has 0 unspecified atom stereocenters. The van der Waals surface area contributed by atoms with Crippen LogP contribution < -0.4 is 4.74 Å². The van der Waals surface area contributed by atoms with Crippen molar-refractivity contribution in [1.29, 1.82) is 0 Å². The molecular formula is C17H18N4O5. The lowest BCUT2D eigenvalue weighted by Gasteiger charge is -2.10. The molecule has 0 spiro atoms. The Morgan fingerprint density at radius 1 is 1.23 bits per heavy atom. The highest BCUT2D eigenvalue weighted by atomic mass is 16.6. The average Bonchev–Trinajstić information content (AvgIpc) is 3.16. The van der Waals surface area contributed by atoms with E-state index in [1.54, 1.807) is 19.9 Å². The van der Waals surface area contributed by atoms with E-state index >= 15 is 0 Å². The zero-order valence-corrected chi connectivity index (χ0v) is 14.8. The summed E-state index contributed by atoms with van der Waals surface area (Å²) in [4.78, 5) is 15.0. The molecule has 0 saturated heterocycles. The number of rotatable bonds is 6. The lowest BCUT2D eigenvalue weighted by Crippen LogP contribution is -2.07. The van der Waals surface area contributed by atoms with E-state index in [1.165, 1.54) is 12.1 Å². The second kappa shape index (κ2) is 6.95. The molecule has 0 aliphatic rings. The lowest BCUT2D eigenvalue weighted by atomic mass is 10.1. The maximum atomic E-state index is 11.2. The zero-order valence-electron chi connectivity index (χ0n) is 14.8. The molecule has 136 valence electrons. The Bertz CT molecular complexity index is 925. The van der Waals surface area contributed by atoms with Gasteiger partial charge in [0.2, 0.25) is 0 Å². The minimum Gasteiger partial charge on any atom is -0.484 e. The van der Waals surface area contributed by atoms with Crippen LogP contribution in [0.3, 0.4) is 0 Å². The molecule has 0 radical (unpaired) electrons. The Labute approximate surface area is 149 Å². The molecule has 0 fully saturated rings. The number of nitro benzene ring substituents is 1. The molecule has 1 aromatic carbocycles. The quantitative estimate of drug-likeness (QED) is 0.484. The van der Waals surface area contributed by atoms with Gasteiger partial charge in [-0.3, -0.25) is 10.1 Å². The van der Waals surface area contributed by atoms with E-state index in [-0.39, 0.29) is 23.4 Å². The molecule has 0 aliphatic heterocycles. The van der Waals surface area contributed by atoms with Crippen molar-refractivity contribution in [3.8, 4) is 17.2 Å². The molecule has 0 N–H and O–H groups in total. The summed E-state index contributed by atoms with van der Waals surface area (Å²) in [7, 11) is 0. The van der Waals surface area contributed by atoms with Gasteiger partial charge in [-0.25, -0.2) is 0 Å². The Balaban J connectivity index is 1.90. The zero-order chi connectivity index (χ0) is 18.8. The number of benzene rings is 1. The van der Waals surface area contributed by atoms with Crippen LogP contribution >= 0.6 is 0 Å². The number of hydrogen-bond acceptors (Lipinski definition) is 8. The molecule has 0 bridgehead atoms. The van der Waals surface area contributed by atoms with Gasteiger partial charge in [-0.05, 0) is 33.8 Å². The van der Waals surface area contributed by atoms with Crippen LogP contribution in [0.25, 0.3) is 11.5 Å². The number of nitro groups is 1. The number of nitrogens with zero attached hydrogens (tertiary/aromatic N) is 4. The van der Waals surface area contributed by atoms with Gasteiger partial charge in [0.05, 0.1) is 16.7 Å². The molecule has 0 amide bonds. The molecule has 2 heterocycles. The molecule has 0 saturated carbocycles.